The number of pyridine rings is 1. The number of benzene rings is 1. The number of hydrogen-bond donors (Lipinski definition) is 1. The summed E-state index contributed by atoms with van der Waals surface area (Å²) >= 11 is 0. The molecule has 2 aromatic rings. The standard InChI is InChI=1S/C23H29N3O/c27-23(25-17-19-4-3-11-24-16-19)8-7-18-9-12-26(13-10-18)22-14-20-5-1-2-6-21(20)15-22/h1-6,11,16,18,22H,7-10,12-15,17H2,(H,25,27). The maximum Gasteiger partial charge on any atom is 0.220 e. The molecular formula is C23H29N3O. The van der Waals surface area contributed by atoms with Gasteiger partial charge in [0.15, 0.2) is 0 Å². The molecule has 1 aliphatic heterocycles. The van der Waals surface area contributed by atoms with Crippen LogP contribution in [0.3, 0.4) is 0 Å². The fraction of sp³-hybridized carbons (Fsp3) is 0.478. The second kappa shape index (κ2) is 8.66. The Bertz CT molecular complexity index is 728. The van der Waals surface area contributed by atoms with Crippen molar-refractivity contribution >= 4 is 5.91 Å². The fourth-order valence-corrected chi connectivity index (χ4v) is 4.53. The van der Waals surface area contributed by atoms with E-state index < -0.39 is 0 Å². The number of carbonyl (C=O) groups is 1. The van der Waals surface area contributed by atoms with Crippen LogP contribution >= 0.6 is 0 Å². The Labute approximate surface area is 162 Å². The predicted molar refractivity (Wildman–Crippen MR) is 107 cm³/mol. The van der Waals surface area contributed by atoms with Crippen molar-refractivity contribution in [3.8, 4) is 0 Å². The van der Waals surface area contributed by atoms with Crippen LogP contribution in [-0.2, 0) is 24.2 Å². The van der Waals surface area contributed by atoms with Gasteiger partial charge in [-0.1, -0.05) is 30.3 Å². The summed E-state index contributed by atoms with van der Waals surface area (Å²) in [6, 6.07) is 13.5. The zero-order chi connectivity index (χ0) is 18.5. The molecule has 1 aliphatic carbocycles. The highest BCUT2D eigenvalue weighted by atomic mass is 16.1. The van der Waals surface area contributed by atoms with Gasteiger partial charge in [0, 0.05) is 31.4 Å². The van der Waals surface area contributed by atoms with E-state index in [2.05, 4.69) is 39.5 Å². The third kappa shape index (κ3) is 4.75. The van der Waals surface area contributed by atoms with Crippen molar-refractivity contribution in [3.05, 3.63) is 65.5 Å². The molecule has 27 heavy (non-hydrogen) atoms. The van der Waals surface area contributed by atoms with Gasteiger partial charge in [0.2, 0.25) is 5.91 Å². The van der Waals surface area contributed by atoms with Crippen LogP contribution in [0.1, 0.15) is 42.4 Å². The van der Waals surface area contributed by atoms with Crippen LogP contribution in [0.15, 0.2) is 48.8 Å². The smallest absolute Gasteiger partial charge is 0.220 e. The van der Waals surface area contributed by atoms with Crippen LogP contribution in [0, 0.1) is 5.92 Å². The van der Waals surface area contributed by atoms with Crippen LogP contribution in [0.25, 0.3) is 0 Å². The first-order valence-corrected chi connectivity index (χ1v) is 10.2. The molecule has 0 spiro atoms. The van der Waals surface area contributed by atoms with Gasteiger partial charge < -0.3 is 5.32 Å². The number of aromatic nitrogens is 1. The Morgan fingerprint density at radius 1 is 1.07 bits per heavy atom. The first-order chi connectivity index (χ1) is 13.3. The van der Waals surface area contributed by atoms with Crippen molar-refractivity contribution in [2.45, 2.75) is 51.1 Å². The van der Waals surface area contributed by atoms with Gasteiger partial charge in [0.1, 0.15) is 0 Å². The van der Waals surface area contributed by atoms with Crippen LogP contribution in [0.2, 0.25) is 0 Å². The molecular weight excluding hydrogens is 334 g/mol. The molecule has 0 radical (unpaired) electrons. The zero-order valence-corrected chi connectivity index (χ0v) is 15.9. The number of fused-ring (bicyclic) bond motifs is 1. The van der Waals surface area contributed by atoms with E-state index in [9.17, 15) is 4.79 Å². The highest BCUT2D eigenvalue weighted by Crippen LogP contribution is 2.29. The molecule has 4 rings (SSSR count). The highest BCUT2D eigenvalue weighted by Gasteiger charge is 2.29. The van der Waals surface area contributed by atoms with Crippen LogP contribution in [0.5, 0.6) is 0 Å². The number of nitrogens with one attached hydrogen (secondary N) is 1. The Balaban J connectivity index is 1.15. The van der Waals surface area contributed by atoms with Crippen molar-refractivity contribution in [2.75, 3.05) is 13.1 Å². The second-order valence-corrected chi connectivity index (χ2v) is 7.99. The number of amides is 1. The molecule has 0 bridgehead atoms. The first kappa shape index (κ1) is 18.2. The molecule has 2 aliphatic rings. The minimum atomic E-state index is 0.160. The molecule has 1 N–H and O–H groups in total. The summed E-state index contributed by atoms with van der Waals surface area (Å²) < 4.78 is 0. The summed E-state index contributed by atoms with van der Waals surface area (Å²) in [7, 11) is 0. The molecule has 0 saturated carbocycles. The Morgan fingerprint density at radius 2 is 1.81 bits per heavy atom. The second-order valence-electron chi connectivity index (χ2n) is 7.99. The first-order valence-electron chi connectivity index (χ1n) is 10.2. The number of hydrogen-bond acceptors (Lipinski definition) is 3. The number of likely N-dealkylation sites (tertiary alicyclic amines) is 1. The number of carbonyl (C=O) groups excluding carboxylic acids is 1. The van der Waals surface area contributed by atoms with E-state index in [1.165, 1.54) is 49.9 Å². The van der Waals surface area contributed by atoms with Gasteiger partial charge >= 0.3 is 0 Å². The van der Waals surface area contributed by atoms with E-state index in [4.69, 9.17) is 0 Å². The maximum absolute atomic E-state index is 12.1. The van der Waals surface area contributed by atoms with Gasteiger partial charge in [0.05, 0.1) is 0 Å². The third-order valence-corrected chi connectivity index (χ3v) is 6.19. The molecule has 1 aromatic carbocycles. The molecule has 2 heterocycles. The van der Waals surface area contributed by atoms with Gasteiger partial charge in [-0.05, 0) is 73.9 Å². The summed E-state index contributed by atoms with van der Waals surface area (Å²) in [6.07, 6.45) is 10.1. The lowest BCUT2D eigenvalue weighted by Gasteiger charge is -2.36. The monoisotopic (exact) mass is 363 g/mol. The van der Waals surface area contributed by atoms with Gasteiger partial charge in [-0.15, -0.1) is 0 Å². The molecule has 4 nitrogen and oxygen atoms in total. The lowest BCUT2D eigenvalue weighted by molar-refractivity contribution is -0.121. The quantitative estimate of drug-likeness (QED) is 0.856. The number of nitrogens with zero attached hydrogens (tertiary/aromatic N) is 2. The van der Waals surface area contributed by atoms with E-state index in [0.717, 1.165) is 12.0 Å². The molecule has 1 amide bonds. The molecule has 0 unspecified atom stereocenters. The van der Waals surface area contributed by atoms with Crippen molar-refractivity contribution in [2.24, 2.45) is 5.92 Å². The molecule has 1 saturated heterocycles. The Morgan fingerprint density at radius 3 is 2.48 bits per heavy atom. The largest absolute Gasteiger partial charge is 0.352 e. The highest BCUT2D eigenvalue weighted by molar-refractivity contribution is 5.75. The van der Waals surface area contributed by atoms with Gasteiger partial charge in [-0.2, -0.15) is 0 Å². The van der Waals surface area contributed by atoms with E-state index in [1.54, 1.807) is 12.4 Å². The lowest BCUT2D eigenvalue weighted by atomic mass is 9.91. The minimum absolute atomic E-state index is 0.160. The number of piperidine rings is 1. The van der Waals surface area contributed by atoms with E-state index in [-0.39, 0.29) is 5.91 Å². The van der Waals surface area contributed by atoms with Gasteiger partial charge in [0.25, 0.3) is 0 Å². The predicted octanol–water partition coefficient (Wildman–Crippen LogP) is 3.36. The summed E-state index contributed by atoms with van der Waals surface area (Å²) in [6.45, 7) is 2.94. The third-order valence-electron chi connectivity index (χ3n) is 6.19. The SMILES string of the molecule is O=C(CCC1CCN(C2Cc3ccccc3C2)CC1)NCc1cccnc1. The van der Waals surface area contributed by atoms with Gasteiger partial charge in [-0.25, -0.2) is 0 Å². The maximum atomic E-state index is 12.1. The summed E-state index contributed by atoms with van der Waals surface area (Å²) in [4.78, 5) is 18.9. The molecule has 1 fully saturated rings. The van der Waals surface area contributed by atoms with Crippen LogP contribution in [-0.4, -0.2) is 34.9 Å². The normalized spacial score (nSPS) is 18.4. The van der Waals surface area contributed by atoms with Gasteiger partial charge in [-0.3, -0.25) is 14.7 Å². The number of rotatable bonds is 6. The molecule has 4 heteroatoms. The molecule has 1 aromatic heterocycles. The Hall–Kier alpha value is -2.20. The van der Waals surface area contributed by atoms with Crippen molar-refractivity contribution in [1.29, 1.82) is 0 Å². The minimum Gasteiger partial charge on any atom is -0.352 e. The van der Waals surface area contributed by atoms with E-state index in [0.29, 0.717) is 24.9 Å². The molecule has 0 atom stereocenters. The average molecular weight is 364 g/mol. The summed E-state index contributed by atoms with van der Waals surface area (Å²) in [5.74, 6) is 0.849. The summed E-state index contributed by atoms with van der Waals surface area (Å²) in [5.41, 5.74) is 4.13. The lowest BCUT2D eigenvalue weighted by Crippen LogP contribution is -2.42. The van der Waals surface area contributed by atoms with Crippen molar-refractivity contribution < 1.29 is 4.79 Å². The van der Waals surface area contributed by atoms with Crippen molar-refractivity contribution in [1.82, 2.24) is 15.2 Å². The average Bonchev–Trinajstić information content (AvgIpc) is 3.16. The zero-order valence-electron chi connectivity index (χ0n) is 15.9. The van der Waals surface area contributed by atoms with Crippen LogP contribution < -0.4 is 5.32 Å². The van der Waals surface area contributed by atoms with Crippen LogP contribution in [0.4, 0.5) is 0 Å². The topological polar surface area (TPSA) is 45.2 Å². The Kier molecular flexibility index (Phi) is 5.83. The summed E-state index contributed by atoms with van der Waals surface area (Å²) in [5, 5.41) is 3.01. The molecule has 142 valence electrons. The van der Waals surface area contributed by atoms with Crippen molar-refractivity contribution in [3.63, 3.8) is 0 Å². The van der Waals surface area contributed by atoms with E-state index in [1.807, 2.05) is 12.1 Å². The fourth-order valence-electron chi connectivity index (χ4n) is 4.53. The van der Waals surface area contributed by atoms with E-state index >= 15 is 0 Å².